The first kappa shape index (κ1) is 13.4. The van der Waals surface area contributed by atoms with E-state index in [0.717, 1.165) is 31.4 Å². The molecule has 1 fully saturated rings. The van der Waals surface area contributed by atoms with Gasteiger partial charge < -0.3 is 15.7 Å². The van der Waals surface area contributed by atoms with E-state index >= 15 is 0 Å². The maximum atomic E-state index is 11.2. The summed E-state index contributed by atoms with van der Waals surface area (Å²) in [5.74, 6) is -1.32. The second-order valence-corrected chi connectivity index (χ2v) is 4.88. The Bertz CT molecular complexity index is 464. The van der Waals surface area contributed by atoms with Gasteiger partial charge in [-0.1, -0.05) is 12.8 Å². The second kappa shape index (κ2) is 5.73. The van der Waals surface area contributed by atoms with Gasteiger partial charge in [-0.25, -0.2) is 4.79 Å². The van der Waals surface area contributed by atoms with Gasteiger partial charge in [-0.2, -0.15) is 0 Å². The van der Waals surface area contributed by atoms with E-state index in [1.54, 1.807) is 24.3 Å². The van der Waals surface area contributed by atoms with Crippen molar-refractivity contribution in [2.75, 3.05) is 11.4 Å². The highest BCUT2D eigenvalue weighted by atomic mass is 16.4. The minimum atomic E-state index is -0.950. The third kappa shape index (κ3) is 3.24. The van der Waals surface area contributed by atoms with Crippen LogP contribution in [0.5, 0.6) is 0 Å². The van der Waals surface area contributed by atoms with Gasteiger partial charge in [-0.3, -0.25) is 4.79 Å². The van der Waals surface area contributed by atoms with Crippen molar-refractivity contribution in [2.24, 2.45) is 5.73 Å². The number of rotatable bonds is 5. The van der Waals surface area contributed by atoms with Crippen LogP contribution in [0.4, 0.5) is 5.69 Å². The van der Waals surface area contributed by atoms with Crippen LogP contribution < -0.4 is 10.6 Å². The molecule has 0 heterocycles. The highest BCUT2D eigenvalue weighted by molar-refractivity contribution is 5.88. The average molecular weight is 262 g/mol. The number of amides is 1. The lowest BCUT2D eigenvalue weighted by Gasteiger charge is -2.30. The summed E-state index contributed by atoms with van der Waals surface area (Å²) < 4.78 is 0. The molecule has 0 radical (unpaired) electrons. The van der Waals surface area contributed by atoms with Gasteiger partial charge in [0, 0.05) is 11.7 Å². The summed E-state index contributed by atoms with van der Waals surface area (Å²) in [6.07, 6.45) is 4.42. The van der Waals surface area contributed by atoms with Gasteiger partial charge >= 0.3 is 5.97 Å². The summed E-state index contributed by atoms with van der Waals surface area (Å²) in [6, 6.07) is 6.92. The Hall–Kier alpha value is -2.04. The summed E-state index contributed by atoms with van der Waals surface area (Å²) in [5, 5.41) is 8.88. The number of carboxylic acids is 1. The van der Waals surface area contributed by atoms with Gasteiger partial charge in [0.05, 0.1) is 12.1 Å². The number of carbonyl (C=O) groups is 2. The van der Waals surface area contributed by atoms with Gasteiger partial charge in [0.25, 0.3) is 0 Å². The highest BCUT2D eigenvalue weighted by Gasteiger charge is 2.24. The van der Waals surface area contributed by atoms with Crippen molar-refractivity contribution in [3.63, 3.8) is 0 Å². The number of hydrogen-bond acceptors (Lipinski definition) is 3. The van der Waals surface area contributed by atoms with Crippen molar-refractivity contribution in [2.45, 2.75) is 31.7 Å². The predicted octanol–water partition coefficient (Wildman–Crippen LogP) is 1.62. The second-order valence-electron chi connectivity index (χ2n) is 4.88. The molecule has 1 saturated carbocycles. The van der Waals surface area contributed by atoms with E-state index in [0.29, 0.717) is 6.04 Å². The van der Waals surface area contributed by atoms with Crippen LogP contribution in [-0.2, 0) is 4.79 Å². The standard InChI is InChI=1S/C14H18N2O3/c15-13(17)9-16(11-3-1-2-4-11)12-7-5-10(6-8-12)14(18)19/h5-8,11H,1-4,9H2,(H2,15,17)(H,18,19). The molecule has 1 amide bonds. The normalized spacial score (nSPS) is 15.4. The molecule has 0 spiro atoms. The Kier molecular flexibility index (Phi) is 4.04. The molecule has 1 aliphatic rings. The van der Waals surface area contributed by atoms with Gasteiger partial charge in [-0.05, 0) is 37.1 Å². The number of benzene rings is 1. The fourth-order valence-electron chi connectivity index (χ4n) is 2.61. The van der Waals surface area contributed by atoms with Crippen LogP contribution in [0.1, 0.15) is 36.0 Å². The van der Waals surface area contributed by atoms with Gasteiger partial charge in [0.1, 0.15) is 0 Å². The molecule has 0 aliphatic heterocycles. The maximum Gasteiger partial charge on any atom is 0.335 e. The molecule has 0 saturated heterocycles. The molecule has 3 N–H and O–H groups in total. The first-order valence-electron chi connectivity index (χ1n) is 6.46. The van der Waals surface area contributed by atoms with E-state index in [4.69, 9.17) is 10.8 Å². The smallest absolute Gasteiger partial charge is 0.335 e. The van der Waals surface area contributed by atoms with Crippen LogP contribution in [0.2, 0.25) is 0 Å². The van der Waals surface area contributed by atoms with E-state index in [-0.39, 0.29) is 18.0 Å². The Labute approximate surface area is 112 Å². The van der Waals surface area contributed by atoms with Gasteiger partial charge in [-0.15, -0.1) is 0 Å². The van der Waals surface area contributed by atoms with E-state index < -0.39 is 5.97 Å². The molecule has 5 nitrogen and oxygen atoms in total. The molecule has 0 bridgehead atoms. The number of carboxylic acid groups (broad SMARTS) is 1. The zero-order valence-electron chi connectivity index (χ0n) is 10.7. The molecule has 0 aromatic heterocycles. The molecule has 5 heteroatoms. The molecule has 1 aliphatic carbocycles. The zero-order valence-corrected chi connectivity index (χ0v) is 10.7. The Morgan fingerprint density at radius 1 is 1.21 bits per heavy atom. The number of anilines is 1. The monoisotopic (exact) mass is 262 g/mol. The van der Waals surface area contributed by atoms with Crippen LogP contribution in [0.3, 0.4) is 0 Å². The average Bonchev–Trinajstić information content (AvgIpc) is 2.89. The van der Waals surface area contributed by atoms with E-state index in [2.05, 4.69) is 0 Å². The van der Waals surface area contributed by atoms with Crippen LogP contribution in [0.25, 0.3) is 0 Å². The third-order valence-electron chi connectivity index (χ3n) is 3.54. The number of carbonyl (C=O) groups excluding carboxylic acids is 1. The first-order valence-corrected chi connectivity index (χ1v) is 6.46. The lowest BCUT2D eigenvalue weighted by Crippen LogP contribution is -2.40. The van der Waals surface area contributed by atoms with Crippen molar-refractivity contribution in [1.82, 2.24) is 0 Å². The van der Waals surface area contributed by atoms with Crippen LogP contribution in [-0.4, -0.2) is 29.6 Å². The SMILES string of the molecule is NC(=O)CN(c1ccc(C(=O)O)cc1)C1CCCC1. The maximum absolute atomic E-state index is 11.2. The molecular weight excluding hydrogens is 244 g/mol. The third-order valence-corrected chi connectivity index (χ3v) is 3.54. The summed E-state index contributed by atoms with van der Waals surface area (Å²) in [6.45, 7) is 0.178. The van der Waals surface area contributed by atoms with Gasteiger partial charge in [0.15, 0.2) is 0 Å². The lowest BCUT2D eigenvalue weighted by atomic mass is 10.1. The highest BCUT2D eigenvalue weighted by Crippen LogP contribution is 2.28. The van der Waals surface area contributed by atoms with Gasteiger partial charge in [0.2, 0.25) is 5.91 Å². The topological polar surface area (TPSA) is 83.6 Å². The summed E-state index contributed by atoms with van der Waals surface area (Å²) >= 11 is 0. The predicted molar refractivity (Wildman–Crippen MR) is 72.2 cm³/mol. The Balaban J connectivity index is 2.21. The number of hydrogen-bond donors (Lipinski definition) is 2. The van der Waals surface area contributed by atoms with E-state index in [1.807, 2.05) is 4.90 Å². The fraction of sp³-hybridized carbons (Fsp3) is 0.429. The molecule has 0 unspecified atom stereocenters. The molecular formula is C14H18N2O3. The number of aromatic carboxylic acids is 1. The van der Waals surface area contributed by atoms with Crippen molar-refractivity contribution in [3.05, 3.63) is 29.8 Å². The van der Waals surface area contributed by atoms with Crippen molar-refractivity contribution in [3.8, 4) is 0 Å². The number of primary amides is 1. The number of nitrogens with two attached hydrogens (primary N) is 1. The van der Waals surface area contributed by atoms with Crippen LogP contribution in [0.15, 0.2) is 24.3 Å². The minimum Gasteiger partial charge on any atom is -0.478 e. The van der Waals surface area contributed by atoms with E-state index in [1.165, 1.54) is 0 Å². The molecule has 19 heavy (non-hydrogen) atoms. The molecule has 2 rings (SSSR count). The quantitative estimate of drug-likeness (QED) is 0.844. The van der Waals surface area contributed by atoms with Crippen LogP contribution in [0, 0.1) is 0 Å². The summed E-state index contributed by atoms with van der Waals surface area (Å²) in [4.78, 5) is 24.0. The summed E-state index contributed by atoms with van der Waals surface area (Å²) in [5.41, 5.74) is 6.40. The molecule has 1 aromatic rings. The largest absolute Gasteiger partial charge is 0.478 e. The summed E-state index contributed by atoms with van der Waals surface area (Å²) in [7, 11) is 0. The zero-order chi connectivity index (χ0) is 13.8. The minimum absolute atomic E-state index is 0.178. The van der Waals surface area contributed by atoms with Crippen molar-refractivity contribution < 1.29 is 14.7 Å². The van der Waals surface area contributed by atoms with E-state index in [9.17, 15) is 9.59 Å². The Morgan fingerprint density at radius 2 is 1.79 bits per heavy atom. The first-order chi connectivity index (χ1) is 9.08. The molecule has 1 aromatic carbocycles. The van der Waals surface area contributed by atoms with Crippen LogP contribution >= 0.6 is 0 Å². The number of nitrogens with zero attached hydrogens (tertiary/aromatic N) is 1. The lowest BCUT2D eigenvalue weighted by molar-refractivity contribution is -0.116. The molecule has 102 valence electrons. The fourth-order valence-corrected chi connectivity index (χ4v) is 2.61. The van der Waals surface area contributed by atoms with Crippen molar-refractivity contribution >= 4 is 17.6 Å². The molecule has 0 atom stereocenters. The van der Waals surface area contributed by atoms with Crippen molar-refractivity contribution in [1.29, 1.82) is 0 Å². The Morgan fingerprint density at radius 3 is 2.26 bits per heavy atom.